The van der Waals surface area contributed by atoms with Gasteiger partial charge in [0.1, 0.15) is 5.69 Å². The molecular weight excluding hydrogens is 374 g/mol. The van der Waals surface area contributed by atoms with E-state index in [0.29, 0.717) is 23.0 Å². The predicted molar refractivity (Wildman–Crippen MR) is 101 cm³/mol. The van der Waals surface area contributed by atoms with E-state index in [1.54, 1.807) is 18.4 Å². The molecule has 0 saturated carbocycles. The highest BCUT2D eigenvalue weighted by molar-refractivity contribution is 7.13. The molecule has 142 valence electrons. The number of nitrogens with one attached hydrogen (secondary N) is 2. The molecule has 1 aromatic heterocycles. The molecule has 0 atom stereocenters. The van der Waals surface area contributed by atoms with Gasteiger partial charge in [-0.3, -0.25) is 25.1 Å². The number of aromatic nitrogens is 1. The SMILES string of the molecule is CCOC(=O)Cc1csc(NN=Cc2ccc(NC(C)=O)c([N+](=O)[O-])c2)n1. The number of ether oxygens (including phenoxy) is 1. The summed E-state index contributed by atoms with van der Waals surface area (Å²) >= 11 is 1.26. The van der Waals surface area contributed by atoms with Gasteiger partial charge < -0.3 is 10.1 Å². The van der Waals surface area contributed by atoms with Gasteiger partial charge in [0, 0.05) is 23.9 Å². The molecule has 2 N–H and O–H groups in total. The average Bonchev–Trinajstić information content (AvgIpc) is 3.02. The van der Waals surface area contributed by atoms with Crippen LogP contribution in [-0.4, -0.2) is 34.6 Å². The first-order chi connectivity index (χ1) is 12.9. The summed E-state index contributed by atoms with van der Waals surface area (Å²) < 4.78 is 4.85. The summed E-state index contributed by atoms with van der Waals surface area (Å²) in [6.45, 7) is 3.31. The molecule has 1 aromatic carbocycles. The molecule has 0 unspecified atom stereocenters. The van der Waals surface area contributed by atoms with Gasteiger partial charge in [0.2, 0.25) is 11.0 Å². The second-order valence-electron chi connectivity index (χ2n) is 5.21. The maximum atomic E-state index is 11.4. The molecule has 1 amide bonds. The summed E-state index contributed by atoms with van der Waals surface area (Å²) in [4.78, 5) is 37.3. The smallest absolute Gasteiger partial charge is 0.311 e. The van der Waals surface area contributed by atoms with E-state index in [1.807, 2.05) is 0 Å². The Balaban J connectivity index is 2.03. The first kappa shape index (κ1) is 20.0. The number of amides is 1. The van der Waals surface area contributed by atoms with Gasteiger partial charge in [0.25, 0.3) is 5.69 Å². The van der Waals surface area contributed by atoms with E-state index in [2.05, 4.69) is 20.8 Å². The van der Waals surface area contributed by atoms with Crippen LogP contribution in [0.4, 0.5) is 16.5 Å². The Bertz CT molecular complexity index is 880. The minimum atomic E-state index is -0.585. The number of carbonyl (C=O) groups excluding carboxylic acids is 2. The molecule has 0 aliphatic carbocycles. The Hall–Kier alpha value is -3.34. The summed E-state index contributed by atoms with van der Waals surface area (Å²) in [7, 11) is 0. The van der Waals surface area contributed by atoms with Gasteiger partial charge in [-0.1, -0.05) is 6.07 Å². The Morgan fingerprint density at radius 3 is 2.89 bits per heavy atom. The van der Waals surface area contributed by atoms with Crippen LogP contribution >= 0.6 is 11.3 Å². The highest BCUT2D eigenvalue weighted by atomic mass is 32.1. The van der Waals surface area contributed by atoms with E-state index in [1.165, 1.54) is 36.6 Å². The van der Waals surface area contributed by atoms with Gasteiger partial charge >= 0.3 is 5.97 Å². The molecule has 0 radical (unpaired) electrons. The number of carbonyl (C=O) groups is 2. The highest BCUT2D eigenvalue weighted by Crippen LogP contribution is 2.25. The number of rotatable bonds is 8. The summed E-state index contributed by atoms with van der Waals surface area (Å²) in [5.74, 6) is -0.756. The van der Waals surface area contributed by atoms with Gasteiger partial charge in [-0.05, 0) is 13.0 Å². The molecule has 0 fully saturated rings. The van der Waals surface area contributed by atoms with Crippen molar-refractivity contribution in [3.05, 3.63) is 45.0 Å². The number of hydrogen-bond acceptors (Lipinski definition) is 9. The lowest BCUT2D eigenvalue weighted by molar-refractivity contribution is -0.383. The summed E-state index contributed by atoms with van der Waals surface area (Å²) in [6.07, 6.45) is 1.46. The second kappa shape index (κ2) is 9.38. The van der Waals surface area contributed by atoms with Crippen LogP contribution in [0.3, 0.4) is 0 Å². The average molecular weight is 391 g/mol. The number of hydrogen-bond donors (Lipinski definition) is 2. The van der Waals surface area contributed by atoms with Crippen molar-refractivity contribution in [1.82, 2.24) is 4.98 Å². The van der Waals surface area contributed by atoms with Gasteiger partial charge in [-0.2, -0.15) is 5.10 Å². The van der Waals surface area contributed by atoms with E-state index < -0.39 is 10.8 Å². The second-order valence-corrected chi connectivity index (χ2v) is 6.07. The maximum absolute atomic E-state index is 11.4. The number of hydrazone groups is 1. The molecule has 2 aromatic rings. The molecule has 0 aliphatic heterocycles. The molecule has 27 heavy (non-hydrogen) atoms. The number of nitrogens with zero attached hydrogens (tertiary/aromatic N) is 3. The zero-order chi connectivity index (χ0) is 19.8. The van der Waals surface area contributed by atoms with Crippen LogP contribution in [0, 0.1) is 10.1 Å². The van der Waals surface area contributed by atoms with Crippen molar-refractivity contribution in [3.63, 3.8) is 0 Å². The molecular formula is C16H17N5O5S. The molecule has 10 nitrogen and oxygen atoms in total. The maximum Gasteiger partial charge on any atom is 0.311 e. The van der Waals surface area contributed by atoms with Gasteiger partial charge in [-0.25, -0.2) is 4.98 Å². The molecule has 2 rings (SSSR count). The summed E-state index contributed by atoms with van der Waals surface area (Å²) in [5, 5.41) is 19.7. The fourth-order valence-electron chi connectivity index (χ4n) is 2.04. The summed E-state index contributed by atoms with van der Waals surface area (Å²) in [6, 6.07) is 4.31. The first-order valence-electron chi connectivity index (χ1n) is 7.84. The third-order valence-corrected chi connectivity index (χ3v) is 3.88. The van der Waals surface area contributed by atoms with E-state index in [9.17, 15) is 19.7 Å². The Labute approximate surface area is 158 Å². The van der Waals surface area contributed by atoms with Crippen LogP contribution in [0.1, 0.15) is 25.1 Å². The lowest BCUT2D eigenvalue weighted by Crippen LogP contribution is -2.08. The van der Waals surface area contributed by atoms with E-state index >= 15 is 0 Å². The number of anilines is 2. The minimum Gasteiger partial charge on any atom is -0.466 e. The number of nitro groups is 1. The Kier molecular flexibility index (Phi) is 6.94. The normalized spacial score (nSPS) is 10.6. The quantitative estimate of drug-likeness (QED) is 0.305. The molecule has 0 spiro atoms. The van der Waals surface area contributed by atoms with Gasteiger partial charge in [0.15, 0.2) is 0 Å². The standard InChI is InChI=1S/C16H17N5O5S/c1-3-26-15(23)7-12-9-27-16(19-12)20-17-8-11-4-5-13(18-10(2)22)14(6-11)21(24)25/h4-6,8-9H,3,7H2,1-2H3,(H,18,22)(H,19,20). The fraction of sp³-hybridized carbons (Fsp3) is 0.250. The third kappa shape index (κ3) is 6.15. The van der Waals surface area contributed by atoms with Crippen LogP contribution in [-0.2, 0) is 20.7 Å². The predicted octanol–water partition coefficient (Wildman–Crippen LogP) is 2.56. The Morgan fingerprint density at radius 2 is 2.22 bits per heavy atom. The van der Waals surface area contributed by atoms with Crippen LogP contribution in [0.15, 0.2) is 28.7 Å². The molecule has 0 aliphatic rings. The monoisotopic (exact) mass is 391 g/mol. The van der Waals surface area contributed by atoms with Gasteiger partial charge in [-0.15, -0.1) is 11.3 Å². The zero-order valence-corrected chi connectivity index (χ0v) is 15.4. The minimum absolute atomic E-state index is 0.0759. The molecule has 11 heteroatoms. The summed E-state index contributed by atoms with van der Waals surface area (Å²) in [5.41, 5.74) is 3.60. The molecule has 0 saturated heterocycles. The number of esters is 1. The van der Waals surface area contributed by atoms with E-state index in [0.717, 1.165) is 0 Å². The fourth-order valence-corrected chi connectivity index (χ4v) is 2.70. The van der Waals surface area contributed by atoms with Crippen molar-refractivity contribution in [1.29, 1.82) is 0 Å². The molecule has 1 heterocycles. The lowest BCUT2D eigenvalue weighted by atomic mass is 10.2. The molecule has 0 bridgehead atoms. The third-order valence-electron chi connectivity index (χ3n) is 3.09. The number of thiazole rings is 1. The van der Waals surface area contributed by atoms with Crippen molar-refractivity contribution < 1.29 is 19.2 Å². The Morgan fingerprint density at radius 1 is 1.44 bits per heavy atom. The zero-order valence-electron chi connectivity index (χ0n) is 14.6. The van der Waals surface area contributed by atoms with Gasteiger partial charge in [0.05, 0.1) is 29.9 Å². The van der Waals surface area contributed by atoms with Crippen LogP contribution in [0.25, 0.3) is 0 Å². The van der Waals surface area contributed by atoms with E-state index in [-0.39, 0.29) is 23.8 Å². The van der Waals surface area contributed by atoms with Crippen LogP contribution in [0.2, 0.25) is 0 Å². The highest BCUT2D eigenvalue weighted by Gasteiger charge is 2.15. The van der Waals surface area contributed by atoms with Crippen molar-refractivity contribution in [2.75, 3.05) is 17.3 Å². The van der Waals surface area contributed by atoms with E-state index in [4.69, 9.17) is 4.74 Å². The topological polar surface area (TPSA) is 136 Å². The van der Waals surface area contributed by atoms with Crippen LogP contribution in [0.5, 0.6) is 0 Å². The largest absolute Gasteiger partial charge is 0.466 e. The van der Waals surface area contributed by atoms with Crippen molar-refractivity contribution in [3.8, 4) is 0 Å². The number of benzene rings is 1. The van der Waals surface area contributed by atoms with Crippen molar-refractivity contribution >= 4 is 45.9 Å². The number of nitro benzene ring substituents is 1. The lowest BCUT2D eigenvalue weighted by Gasteiger charge is -2.04. The first-order valence-corrected chi connectivity index (χ1v) is 8.72. The van der Waals surface area contributed by atoms with Crippen molar-refractivity contribution in [2.24, 2.45) is 5.10 Å². The van der Waals surface area contributed by atoms with Crippen molar-refractivity contribution in [2.45, 2.75) is 20.3 Å². The van der Waals surface area contributed by atoms with Crippen LogP contribution < -0.4 is 10.7 Å².